The van der Waals surface area contributed by atoms with Crippen molar-refractivity contribution in [3.8, 4) is 11.5 Å². The monoisotopic (exact) mass is 279 g/mol. The lowest BCUT2D eigenvalue weighted by Gasteiger charge is -2.18. The van der Waals surface area contributed by atoms with Crippen molar-refractivity contribution in [2.24, 2.45) is 0 Å². The second kappa shape index (κ2) is 6.06. The quantitative estimate of drug-likeness (QED) is 0.918. The van der Waals surface area contributed by atoms with Crippen LogP contribution in [0.15, 0.2) is 18.2 Å². The second-order valence-electron chi connectivity index (χ2n) is 5.16. The van der Waals surface area contributed by atoms with E-state index in [0.29, 0.717) is 12.1 Å². The molecule has 2 heterocycles. The van der Waals surface area contributed by atoms with Gasteiger partial charge in [-0.1, -0.05) is 6.07 Å². The number of methoxy groups -OCH3 is 1. The minimum Gasteiger partial charge on any atom is -0.493 e. The molecule has 4 heteroatoms. The van der Waals surface area contributed by atoms with Gasteiger partial charge >= 0.3 is 0 Å². The predicted octanol–water partition coefficient (Wildman–Crippen LogP) is 3.00. The Balaban J connectivity index is 1.79. The number of hydrogen-bond donors (Lipinski definition) is 1. The molecule has 19 heavy (non-hydrogen) atoms. The van der Waals surface area contributed by atoms with Crippen molar-refractivity contribution in [3.63, 3.8) is 0 Å². The minimum atomic E-state index is 0.339. The largest absolute Gasteiger partial charge is 0.493 e. The maximum absolute atomic E-state index is 6.12. The van der Waals surface area contributed by atoms with Crippen LogP contribution in [0.2, 0.25) is 0 Å². The summed E-state index contributed by atoms with van der Waals surface area (Å²) in [6.07, 6.45) is 3.95. The molecule has 0 aliphatic carbocycles. The van der Waals surface area contributed by atoms with Crippen LogP contribution >= 0.6 is 11.8 Å². The van der Waals surface area contributed by atoms with E-state index in [0.717, 1.165) is 30.2 Å². The van der Waals surface area contributed by atoms with Crippen LogP contribution < -0.4 is 14.8 Å². The first-order valence-corrected chi connectivity index (χ1v) is 8.18. The molecule has 2 atom stereocenters. The molecule has 0 bridgehead atoms. The number of hydrogen-bond acceptors (Lipinski definition) is 4. The molecule has 104 valence electrons. The van der Waals surface area contributed by atoms with E-state index in [4.69, 9.17) is 9.47 Å². The van der Waals surface area contributed by atoms with Gasteiger partial charge in [0.15, 0.2) is 11.5 Å². The Labute approximate surface area is 119 Å². The lowest BCUT2D eigenvalue weighted by atomic mass is 10.0. The number of thioether (sulfide) groups is 1. The summed E-state index contributed by atoms with van der Waals surface area (Å²) in [7, 11) is 1.71. The Hall–Kier alpha value is -0.870. The van der Waals surface area contributed by atoms with Crippen molar-refractivity contribution >= 4 is 11.8 Å². The summed E-state index contributed by atoms with van der Waals surface area (Å²) in [5, 5.41) is 3.53. The molecular weight excluding hydrogens is 258 g/mol. The van der Waals surface area contributed by atoms with E-state index in [1.54, 1.807) is 7.11 Å². The zero-order valence-electron chi connectivity index (χ0n) is 11.4. The summed E-state index contributed by atoms with van der Waals surface area (Å²) >= 11 is 1.97. The average molecular weight is 279 g/mol. The first-order chi connectivity index (χ1) is 9.36. The maximum atomic E-state index is 6.12. The van der Waals surface area contributed by atoms with Gasteiger partial charge in [0.05, 0.1) is 7.11 Å². The Bertz CT molecular complexity index is 426. The van der Waals surface area contributed by atoms with Crippen LogP contribution in [-0.4, -0.2) is 31.3 Å². The van der Waals surface area contributed by atoms with Crippen LogP contribution in [0.5, 0.6) is 11.5 Å². The van der Waals surface area contributed by atoms with Gasteiger partial charge in [0.2, 0.25) is 0 Å². The van der Waals surface area contributed by atoms with Crippen molar-refractivity contribution in [2.75, 3.05) is 25.2 Å². The lowest BCUT2D eigenvalue weighted by Crippen LogP contribution is -2.16. The van der Waals surface area contributed by atoms with Gasteiger partial charge in [-0.2, -0.15) is 11.8 Å². The van der Waals surface area contributed by atoms with E-state index in [1.807, 2.05) is 17.8 Å². The lowest BCUT2D eigenvalue weighted by molar-refractivity contribution is 0.218. The fraction of sp³-hybridized carbons (Fsp3) is 0.600. The fourth-order valence-corrected chi connectivity index (χ4v) is 3.85. The van der Waals surface area contributed by atoms with Crippen LogP contribution in [0.25, 0.3) is 0 Å². The molecular formula is C15H21NO2S. The minimum absolute atomic E-state index is 0.339. The molecule has 2 aliphatic rings. The molecule has 0 amide bonds. The summed E-state index contributed by atoms with van der Waals surface area (Å²) < 4.78 is 11.5. The molecule has 2 unspecified atom stereocenters. The highest BCUT2D eigenvalue weighted by Crippen LogP contribution is 2.35. The van der Waals surface area contributed by atoms with Crippen LogP contribution in [0.3, 0.4) is 0 Å². The highest BCUT2D eigenvalue weighted by Gasteiger charge is 2.21. The maximum Gasteiger partial charge on any atom is 0.161 e. The number of benzene rings is 1. The third-order valence-corrected chi connectivity index (χ3v) is 4.96. The van der Waals surface area contributed by atoms with Gasteiger partial charge < -0.3 is 14.8 Å². The van der Waals surface area contributed by atoms with Gasteiger partial charge in [0, 0.05) is 11.8 Å². The predicted molar refractivity (Wildman–Crippen MR) is 79.3 cm³/mol. The van der Waals surface area contributed by atoms with Crippen molar-refractivity contribution in [1.29, 1.82) is 0 Å². The third kappa shape index (κ3) is 3.00. The van der Waals surface area contributed by atoms with Crippen molar-refractivity contribution in [1.82, 2.24) is 5.32 Å². The molecule has 1 aromatic carbocycles. The van der Waals surface area contributed by atoms with Gasteiger partial charge in [0.1, 0.15) is 6.10 Å². The normalized spacial score (nSPS) is 26.6. The summed E-state index contributed by atoms with van der Waals surface area (Å²) in [5.41, 5.74) is 1.32. The van der Waals surface area contributed by atoms with Gasteiger partial charge in [0.25, 0.3) is 0 Å². The van der Waals surface area contributed by atoms with Crippen LogP contribution in [0, 0.1) is 0 Å². The summed E-state index contributed by atoms with van der Waals surface area (Å²) in [4.78, 5) is 0. The van der Waals surface area contributed by atoms with Gasteiger partial charge in [-0.15, -0.1) is 0 Å². The zero-order chi connectivity index (χ0) is 13.1. The smallest absolute Gasteiger partial charge is 0.161 e. The number of ether oxygens (including phenoxy) is 2. The van der Waals surface area contributed by atoms with E-state index in [1.165, 1.54) is 24.2 Å². The van der Waals surface area contributed by atoms with E-state index in [9.17, 15) is 0 Å². The Morgan fingerprint density at radius 1 is 1.26 bits per heavy atom. The third-order valence-electron chi connectivity index (χ3n) is 3.83. The topological polar surface area (TPSA) is 30.5 Å². The van der Waals surface area contributed by atoms with Crippen LogP contribution in [0.4, 0.5) is 0 Å². The number of rotatable bonds is 4. The molecule has 2 fully saturated rings. The van der Waals surface area contributed by atoms with Gasteiger partial charge in [-0.3, -0.25) is 0 Å². The second-order valence-corrected chi connectivity index (χ2v) is 6.31. The zero-order valence-corrected chi connectivity index (χ0v) is 12.2. The Morgan fingerprint density at radius 3 is 2.89 bits per heavy atom. The Kier molecular flexibility index (Phi) is 4.18. The molecule has 3 rings (SSSR count). The van der Waals surface area contributed by atoms with E-state index >= 15 is 0 Å². The number of nitrogens with one attached hydrogen (secondary N) is 1. The highest BCUT2D eigenvalue weighted by atomic mass is 32.2. The van der Waals surface area contributed by atoms with E-state index < -0.39 is 0 Å². The van der Waals surface area contributed by atoms with Gasteiger partial charge in [-0.25, -0.2) is 0 Å². The first kappa shape index (κ1) is 13.1. The van der Waals surface area contributed by atoms with Crippen molar-refractivity contribution in [2.45, 2.75) is 31.4 Å². The van der Waals surface area contributed by atoms with E-state index in [-0.39, 0.29) is 0 Å². The average Bonchev–Trinajstić information content (AvgIpc) is 3.11. The SMILES string of the molecule is COc1ccc(C2CCCN2)cc1OC1CCSC1. The molecule has 0 aromatic heterocycles. The van der Waals surface area contributed by atoms with E-state index in [2.05, 4.69) is 17.4 Å². The summed E-state index contributed by atoms with van der Waals surface area (Å²) in [6, 6.07) is 6.82. The molecule has 0 saturated carbocycles. The summed E-state index contributed by atoms with van der Waals surface area (Å²) in [5.74, 6) is 4.05. The van der Waals surface area contributed by atoms with Crippen molar-refractivity contribution in [3.05, 3.63) is 23.8 Å². The molecule has 2 saturated heterocycles. The standard InChI is InChI=1S/C15H21NO2S/c1-17-14-5-4-11(13-3-2-7-16-13)9-15(14)18-12-6-8-19-10-12/h4-5,9,12-13,16H,2-3,6-8,10H2,1H3. The first-order valence-electron chi connectivity index (χ1n) is 7.02. The van der Waals surface area contributed by atoms with Gasteiger partial charge in [-0.05, 0) is 49.3 Å². The molecule has 1 aromatic rings. The highest BCUT2D eigenvalue weighted by molar-refractivity contribution is 7.99. The summed E-state index contributed by atoms with van der Waals surface area (Å²) in [6.45, 7) is 1.12. The molecule has 0 spiro atoms. The molecule has 3 nitrogen and oxygen atoms in total. The van der Waals surface area contributed by atoms with Crippen molar-refractivity contribution < 1.29 is 9.47 Å². The fourth-order valence-electron chi connectivity index (χ4n) is 2.76. The molecule has 2 aliphatic heterocycles. The molecule has 0 radical (unpaired) electrons. The van der Waals surface area contributed by atoms with Crippen LogP contribution in [-0.2, 0) is 0 Å². The molecule has 1 N–H and O–H groups in total. The van der Waals surface area contributed by atoms with Crippen LogP contribution in [0.1, 0.15) is 30.9 Å². The Morgan fingerprint density at radius 2 is 2.21 bits per heavy atom.